The molecule has 118 valence electrons. The Kier molecular flexibility index (Phi) is 4.63. The van der Waals surface area contributed by atoms with Crippen LogP contribution in [0.2, 0.25) is 5.02 Å². The molecule has 1 N–H and O–H groups in total. The van der Waals surface area contributed by atoms with Crippen molar-refractivity contribution in [3.63, 3.8) is 0 Å². The van der Waals surface area contributed by atoms with Gasteiger partial charge < -0.3 is 14.2 Å². The molecule has 0 atom stereocenters. The smallest absolute Gasteiger partial charge is 0.277 e. The highest BCUT2D eigenvalue weighted by Crippen LogP contribution is 2.34. The third kappa shape index (κ3) is 3.73. The molecule has 0 bridgehead atoms. The summed E-state index contributed by atoms with van der Waals surface area (Å²) >= 11 is 5.93. The van der Waals surface area contributed by atoms with E-state index < -0.39 is 5.91 Å². The van der Waals surface area contributed by atoms with Crippen molar-refractivity contribution in [3.05, 3.63) is 53.1 Å². The summed E-state index contributed by atoms with van der Waals surface area (Å²) in [6.07, 6.45) is 1.49. The van der Waals surface area contributed by atoms with Crippen molar-refractivity contribution in [1.29, 1.82) is 0 Å². The van der Waals surface area contributed by atoms with E-state index in [1.807, 2.05) is 12.1 Å². The summed E-state index contributed by atoms with van der Waals surface area (Å²) in [5.74, 6) is 1.31. The Morgan fingerprint density at radius 1 is 1.26 bits per heavy atom. The third-order valence-electron chi connectivity index (χ3n) is 3.02. The van der Waals surface area contributed by atoms with E-state index in [9.17, 15) is 4.79 Å². The average Bonchev–Trinajstić information content (AvgIpc) is 3.03. The van der Waals surface area contributed by atoms with Gasteiger partial charge in [-0.15, -0.1) is 0 Å². The molecule has 1 aliphatic heterocycles. The molecular formula is C16H13ClN2O4. The summed E-state index contributed by atoms with van der Waals surface area (Å²) in [6, 6.07) is 12.4. The fraction of sp³-hybridized carbons (Fsp3) is 0.125. The van der Waals surface area contributed by atoms with Gasteiger partial charge in [-0.2, -0.15) is 5.10 Å². The number of nitrogens with one attached hydrogen (secondary N) is 1. The Labute approximate surface area is 137 Å². The van der Waals surface area contributed by atoms with Gasteiger partial charge in [0.2, 0.25) is 6.79 Å². The molecule has 1 aliphatic rings. The van der Waals surface area contributed by atoms with Crippen LogP contribution in [0.15, 0.2) is 47.6 Å². The van der Waals surface area contributed by atoms with E-state index in [0.29, 0.717) is 27.8 Å². The van der Waals surface area contributed by atoms with Crippen LogP contribution >= 0.6 is 11.6 Å². The van der Waals surface area contributed by atoms with Crippen LogP contribution in [0.25, 0.3) is 0 Å². The first-order valence-electron chi connectivity index (χ1n) is 6.82. The van der Waals surface area contributed by atoms with E-state index in [4.69, 9.17) is 25.8 Å². The zero-order valence-corrected chi connectivity index (χ0v) is 12.7. The lowest BCUT2D eigenvalue weighted by Crippen LogP contribution is -2.24. The Morgan fingerprint density at radius 3 is 3.00 bits per heavy atom. The largest absolute Gasteiger partial charge is 0.482 e. The second-order valence-corrected chi connectivity index (χ2v) is 5.00. The predicted octanol–water partition coefficient (Wildman–Crippen LogP) is 2.60. The first kappa shape index (κ1) is 15.2. The number of rotatable bonds is 5. The van der Waals surface area contributed by atoms with Gasteiger partial charge in [0.25, 0.3) is 5.91 Å². The predicted molar refractivity (Wildman–Crippen MR) is 85.2 cm³/mol. The quantitative estimate of drug-likeness (QED) is 0.675. The SMILES string of the molecule is O=C(COc1ccccc1Cl)N/N=C/c1cccc2c1OCO2. The number of halogens is 1. The van der Waals surface area contributed by atoms with Gasteiger partial charge in [-0.25, -0.2) is 5.43 Å². The number of carbonyl (C=O) groups excluding carboxylic acids is 1. The summed E-state index contributed by atoms with van der Waals surface area (Å²) in [6.45, 7) is -0.00813. The molecule has 0 aliphatic carbocycles. The third-order valence-corrected chi connectivity index (χ3v) is 3.33. The van der Waals surface area contributed by atoms with Crippen molar-refractivity contribution >= 4 is 23.7 Å². The monoisotopic (exact) mass is 332 g/mol. The van der Waals surface area contributed by atoms with Gasteiger partial charge in [-0.3, -0.25) is 4.79 Å². The standard InChI is InChI=1S/C16H13ClN2O4/c17-12-5-1-2-6-13(12)21-9-15(20)19-18-8-11-4-3-7-14-16(11)23-10-22-14/h1-8H,9-10H2,(H,19,20)/b18-8+. The van der Waals surface area contributed by atoms with Crippen LogP contribution < -0.4 is 19.6 Å². The molecule has 1 amide bonds. The van der Waals surface area contributed by atoms with Gasteiger partial charge >= 0.3 is 0 Å². The first-order chi connectivity index (χ1) is 11.2. The number of nitrogens with zero attached hydrogens (tertiary/aromatic N) is 1. The minimum absolute atomic E-state index is 0.179. The van der Waals surface area contributed by atoms with E-state index in [1.54, 1.807) is 30.3 Å². The van der Waals surface area contributed by atoms with Crippen LogP contribution in [0.5, 0.6) is 17.2 Å². The zero-order valence-electron chi connectivity index (χ0n) is 12.0. The highest BCUT2D eigenvalue weighted by molar-refractivity contribution is 6.32. The van der Waals surface area contributed by atoms with E-state index >= 15 is 0 Å². The van der Waals surface area contributed by atoms with Crippen molar-refractivity contribution in [2.75, 3.05) is 13.4 Å². The van der Waals surface area contributed by atoms with E-state index in [-0.39, 0.29) is 13.4 Å². The normalized spacial score (nSPS) is 12.4. The molecule has 3 rings (SSSR count). The number of hydrogen-bond acceptors (Lipinski definition) is 5. The minimum atomic E-state index is -0.397. The lowest BCUT2D eigenvalue weighted by molar-refractivity contribution is -0.123. The van der Waals surface area contributed by atoms with Crippen LogP contribution in [-0.2, 0) is 4.79 Å². The summed E-state index contributed by atoms with van der Waals surface area (Å²) in [4.78, 5) is 11.7. The lowest BCUT2D eigenvalue weighted by Gasteiger charge is -2.06. The summed E-state index contributed by atoms with van der Waals surface area (Å²) in [5.41, 5.74) is 3.09. The van der Waals surface area contributed by atoms with E-state index in [2.05, 4.69) is 10.5 Å². The summed E-state index contributed by atoms with van der Waals surface area (Å²) < 4.78 is 15.9. The van der Waals surface area contributed by atoms with Crippen LogP contribution in [0, 0.1) is 0 Å². The van der Waals surface area contributed by atoms with E-state index in [0.717, 1.165) is 0 Å². The second kappa shape index (κ2) is 7.02. The molecule has 2 aromatic carbocycles. The Morgan fingerprint density at radius 2 is 2.13 bits per heavy atom. The molecule has 2 aromatic rings. The highest BCUT2D eigenvalue weighted by Gasteiger charge is 2.15. The van der Waals surface area contributed by atoms with Crippen LogP contribution in [0.1, 0.15) is 5.56 Å². The van der Waals surface area contributed by atoms with Crippen molar-refractivity contribution in [2.45, 2.75) is 0 Å². The van der Waals surface area contributed by atoms with Crippen molar-refractivity contribution in [3.8, 4) is 17.2 Å². The fourth-order valence-corrected chi connectivity index (χ4v) is 2.16. The zero-order chi connectivity index (χ0) is 16.1. The highest BCUT2D eigenvalue weighted by atomic mass is 35.5. The minimum Gasteiger partial charge on any atom is -0.482 e. The second-order valence-electron chi connectivity index (χ2n) is 4.59. The van der Waals surface area contributed by atoms with Crippen LogP contribution in [0.4, 0.5) is 0 Å². The Balaban J connectivity index is 1.53. The molecule has 0 fully saturated rings. The van der Waals surface area contributed by atoms with Crippen LogP contribution in [-0.4, -0.2) is 25.5 Å². The molecule has 0 unspecified atom stereocenters. The number of carbonyl (C=O) groups is 1. The van der Waals surface area contributed by atoms with Gasteiger partial charge in [0, 0.05) is 5.56 Å². The molecule has 1 heterocycles. The number of para-hydroxylation sites is 2. The molecule has 6 nitrogen and oxygen atoms in total. The number of fused-ring (bicyclic) bond motifs is 1. The number of hydrazone groups is 1. The molecule has 0 aromatic heterocycles. The molecule has 0 saturated carbocycles. The maximum atomic E-state index is 11.7. The van der Waals surface area contributed by atoms with E-state index in [1.165, 1.54) is 6.21 Å². The van der Waals surface area contributed by atoms with Crippen molar-refractivity contribution < 1.29 is 19.0 Å². The summed E-state index contributed by atoms with van der Waals surface area (Å²) in [7, 11) is 0. The number of hydrogen-bond donors (Lipinski definition) is 1. The fourth-order valence-electron chi connectivity index (χ4n) is 1.97. The Hall–Kier alpha value is -2.73. The van der Waals surface area contributed by atoms with Gasteiger partial charge in [-0.1, -0.05) is 29.8 Å². The van der Waals surface area contributed by atoms with Crippen molar-refractivity contribution in [2.24, 2.45) is 5.10 Å². The summed E-state index contributed by atoms with van der Waals surface area (Å²) in [5, 5.41) is 4.33. The molecule has 7 heteroatoms. The topological polar surface area (TPSA) is 69.2 Å². The molecular weight excluding hydrogens is 320 g/mol. The van der Waals surface area contributed by atoms with Gasteiger partial charge in [-0.05, 0) is 24.3 Å². The number of amides is 1. The maximum absolute atomic E-state index is 11.7. The molecule has 0 spiro atoms. The Bertz CT molecular complexity index is 749. The van der Waals surface area contributed by atoms with Crippen LogP contribution in [0.3, 0.4) is 0 Å². The molecule has 0 radical (unpaired) electrons. The first-order valence-corrected chi connectivity index (χ1v) is 7.19. The lowest BCUT2D eigenvalue weighted by atomic mass is 10.2. The van der Waals surface area contributed by atoms with Crippen molar-refractivity contribution in [1.82, 2.24) is 5.43 Å². The maximum Gasteiger partial charge on any atom is 0.277 e. The van der Waals surface area contributed by atoms with Gasteiger partial charge in [0.05, 0.1) is 11.2 Å². The molecule has 23 heavy (non-hydrogen) atoms. The average molecular weight is 333 g/mol. The number of ether oxygens (including phenoxy) is 3. The molecule has 0 saturated heterocycles. The number of benzene rings is 2. The van der Waals surface area contributed by atoms with Gasteiger partial charge in [0.15, 0.2) is 18.1 Å². The van der Waals surface area contributed by atoms with Gasteiger partial charge in [0.1, 0.15) is 5.75 Å².